The summed E-state index contributed by atoms with van der Waals surface area (Å²) in [6.45, 7) is 0. The molecule has 0 unspecified atom stereocenters. The lowest BCUT2D eigenvalue weighted by molar-refractivity contribution is 0.0997. The number of thioether (sulfide) groups is 1. The van der Waals surface area contributed by atoms with E-state index < -0.39 is 0 Å². The highest BCUT2D eigenvalue weighted by atomic mass is 32.2. The molecule has 0 aliphatic rings. The molecular formula is C25H18N4O2S. The van der Waals surface area contributed by atoms with Crippen LogP contribution in [0.1, 0.15) is 16.1 Å². The van der Waals surface area contributed by atoms with Crippen molar-refractivity contribution in [2.75, 3.05) is 5.32 Å². The van der Waals surface area contributed by atoms with Crippen molar-refractivity contribution in [2.45, 2.75) is 10.9 Å². The fourth-order valence-corrected chi connectivity index (χ4v) is 4.20. The smallest absolute Gasteiger partial charge is 0.292 e. The van der Waals surface area contributed by atoms with E-state index in [0.29, 0.717) is 22.3 Å². The fraction of sp³-hybridized carbons (Fsp3) is 0.0400. The number of nitrogens with zero attached hydrogens (tertiary/aromatic N) is 3. The summed E-state index contributed by atoms with van der Waals surface area (Å²) >= 11 is 1.45. The summed E-state index contributed by atoms with van der Waals surface area (Å²) in [5.74, 6) is 0.888. The van der Waals surface area contributed by atoms with Crippen molar-refractivity contribution in [1.29, 1.82) is 0 Å². The highest BCUT2D eigenvalue weighted by molar-refractivity contribution is 7.98. The van der Waals surface area contributed by atoms with E-state index in [4.69, 9.17) is 4.42 Å². The number of anilines is 1. The second-order valence-corrected chi connectivity index (χ2v) is 7.92. The van der Waals surface area contributed by atoms with Gasteiger partial charge in [-0.1, -0.05) is 60.3 Å². The number of aromatic nitrogens is 3. The van der Waals surface area contributed by atoms with Crippen LogP contribution in [0, 0.1) is 0 Å². The number of benzene rings is 2. The molecule has 6 nitrogen and oxygen atoms in total. The van der Waals surface area contributed by atoms with Gasteiger partial charge < -0.3 is 9.73 Å². The maximum atomic E-state index is 13.1. The number of fused-ring (bicyclic) bond motifs is 1. The number of carbonyl (C=O) groups excluding carboxylic acids is 1. The van der Waals surface area contributed by atoms with Gasteiger partial charge in [-0.25, -0.2) is 15.0 Å². The van der Waals surface area contributed by atoms with Crippen LogP contribution in [0.2, 0.25) is 0 Å². The minimum Gasteiger partial charge on any atom is -0.451 e. The monoisotopic (exact) mass is 438 g/mol. The molecule has 156 valence electrons. The van der Waals surface area contributed by atoms with Crippen molar-refractivity contribution < 1.29 is 9.21 Å². The van der Waals surface area contributed by atoms with E-state index >= 15 is 0 Å². The van der Waals surface area contributed by atoms with Crippen molar-refractivity contribution in [3.05, 3.63) is 103 Å². The quantitative estimate of drug-likeness (QED) is 0.265. The first kappa shape index (κ1) is 20.0. The molecule has 0 aliphatic heterocycles. The number of furan rings is 1. The standard InChI is InChI=1S/C25H18N4O2S/c30-24(29-22-12-11-18(15-28-22)17-7-2-1-3-8-17)23-20(16-32-25-26-13-6-14-27-25)19-9-4-5-10-21(19)31-23/h1-15H,16H2,(H,28,29,30). The Labute approximate surface area is 188 Å². The Morgan fingerprint density at radius 3 is 2.41 bits per heavy atom. The number of carbonyl (C=O) groups is 1. The number of hydrogen-bond donors (Lipinski definition) is 1. The van der Waals surface area contributed by atoms with Gasteiger partial charge in [-0.15, -0.1) is 0 Å². The van der Waals surface area contributed by atoms with E-state index in [0.717, 1.165) is 22.1 Å². The minimum atomic E-state index is -0.342. The summed E-state index contributed by atoms with van der Waals surface area (Å²) in [4.78, 5) is 26.0. The lowest BCUT2D eigenvalue weighted by Crippen LogP contribution is -2.13. The zero-order valence-corrected chi connectivity index (χ0v) is 17.8. The van der Waals surface area contributed by atoms with Crippen LogP contribution in [0.5, 0.6) is 0 Å². The summed E-state index contributed by atoms with van der Waals surface area (Å²) in [5.41, 5.74) is 3.51. The molecule has 5 aromatic rings. The lowest BCUT2D eigenvalue weighted by Gasteiger charge is -2.06. The summed E-state index contributed by atoms with van der Waals surface area (Å²) in [6.07, 6.45) is 5.13. The van der Waals surface area contributed by atoms with Gasteiger partial charge in [-0.05, 0) is 29.8 Å². The number of amides is 1. The van der Waals surface area contributed by atoms with Crippen molar-refractivity contribution in [3.63, 3.8) is 0 Å². The summed E-state index contributed by atoms with van der Waals surface area (Å²) in [6, 6.07) is 23.1. The zero-order chi connectivity index (χ0) is 21.8. The molecule has 1 amide bonds. The minimum absolute atomic E-state index is 0.267. The van der Waals surface area contributed by atoms with Crippen LogP contribution in [0.4, 0.5) is 5.82 Å². The highest BCUT2D eigenvalue weighted by Crippen LogP contribution is 2.31. The zero-order valence-electron chi connectivity index (χ0n) is 16.9. The van der Waals surface area contributed by atoms with Crippen LogP contribution in [0.25, 0.3) is 22.1 Å². The SMILES string of the molecule is O=C(Nc1ccc(-c2ccccc2)cn1)c1oc2ccccc2c1CSc1ncccn1. The van der Waals surface area contributed by atoms with E-state index in [1.165, 1.54) is 11.8 Å². The van der Waals surface area contributed by atoms with Gasteiger partial charge in [0.05, 0.1) is 0 Å². The van der Waals surface area contributed by atoms with Crippen LogP contribution in [-0.4, -0.2) is 20.9 Å². The Morgan fingerprint density at radius 2 is 1.62 bits per heavy atom. The third kappa shape index (κ3) is 4.24. The number of hydrogen-bond acceptors (Lipinski definition) is 6. The molecule has 5 rings (SSSR count). The summed E-state index contributed by atoms with van der Waals surface area (Å²) in [7, 11) is 0. The average molecular weight is 439 g/mol. The lowest BCUT2D eigenvalue weighted by atomic mass is 10.1. The summed E-state index contributed by atoms with van der Waals surface area (Å²) in [5, 5.41) is 4.39. The van der Waals surface area contributed by atoms with Gasteiger partial charge in [0.1, 0.15) is 11.4 Å². The van der Waals surface area contributed by atoms with Crippen LogP contribution in [-0.2, 0) is 5.75 Å². The van der Waals surface area contributed by atoms with E-state index in [-0.39, 0.29) is 11.7 Å². The molecule has 0 fully saturated rings. The van der Waals surface area contributed by atoms with Crippen molar-refractivity contribution >= 4 is 34.5 Å². The number of para-hydroxylation sites is 1. The van der Waals surface area contributed by atoms with Crippen molar-refractivity contribution in [1.82, 2.24) is 15.0 Å². The fourth-order valence-electron chi connectivity index (χ4n) is 3.36. The topological polar surface area (TPSA) is 80.9 Å². The number of pyridine rings is 1. The predicted octanol–water partition coefficient (Wildman–Crippen LogP) is 5.83. The van der Waals surface area contributed by atoms with Crippen LogP contribution in [0.3, 0.4) is 0 Å². The van der Waals surface area contributed by atoms with Gasteiger partial charge in [-0.3, -0.25) is 4.79 Å². The van der Waals surface area contributed by atoms with Gasteiger partial charge in [0.25, 0.3) is 5.91 Å². The molecule has 0 aliphatic carbocycles. The first-order valence-electron chi connectivity index (χ1n) is 10.0. The first-order chi connectivity index (χ1) is 15.8. The third-order valence-electron chi connectivity index (χ3n) is 4.90. The molecule has 3 aromatic heterocycles. The Balaban J connectivity index is 1.39. The van der Waals surface area contributed by atoms with Gasteiger partial charge in [0.2, 0.25) is 0 Å². The molecule has 2 aromatic carbocycles. The van der Waals surface area contributed by atoms with E-state index in [2.05, 4.69) is 20.3 Å². The van der Waals surface area contributed by atoms with E-state index in [9.17, 15) is 4.79 Å². The second-order valence-electron chi connectivity index (χ2n) is 6.98. The maximum absolute atomic E-state index is 13.1. The maximum Gasteiger partial charge on any atom is 0.292 e. The molecular weight excluding hydrogens is 420 g/mol. The molecule has 0 saturated heterocycles. The van der Waals surface area contributed by atoms with Crippen LogP contribution < -0.4 is 5.32 Å². The van der Waals surface area contributed by atoms with Gasteiger partial charge in [0, 0.05) is 40.9 Å². The molecule has 0 saturated carbocycles. The molecule has 0 spiro atoms. The molecule has 3 heterocycles. The Kier molecular flexibility index (Phi) is 5.63. The predicted molar refractivity (Wildman–Crippen MR) is 125 cm³/mol. The second kappa shape index (κ2) is 9.03. The summed E-state index contributed by atoms with van der Waals surface area (Å²) < 4.78 is 5.92. The normalized spacial score (nSPS) is 10.9. The highest BCUT2D eigenvalue weighted by Gasteiger charge is 2.21. The van der Waals surface area contributed by atoms with Crippen molar-refractivity contribution in [2.24, 2.45) is 0 Å². The van der Waals surface area contributed by atoms with Gasteiger partial charge in [0.15, 0.2) is 10.9 Å². The van der Waals surface area contributed by atoms with Crippen LogP contribution >= 0.6 is 11.8 Å². The largest absolute Gasteiger partial charge is 0.451 e. The number of rotatable bonds is 6. The molecule has 32 heavy (non-hydrogen) atoms. The third-order valence-corrected chi connectivity index (χ3v) is 5.81. The average Bonchev–Trinajstić information content (AvgIpc) is 3.23. The Morgan fingerprint density at radius 1 is 0.844 bits per heavy atom. The van der Waals surface area contributed by atoms with Crippen molar-refractivity contribution in [3.8, 4) is 11.1 Å². The molecule has 1 N–H and O–H groups in total. The van der Waals surface area contributed by atoms with E-state index in [1.54, 1.807) is 30.7 Å². The molecule has 0 atom stereocenters. The first-order valence-corrected chi connectivity index (χ1v) is 11.0. The van der Waals surface area contributed by atoms with E-state index in [1.807, 2.05) is 60.7 Å². The Bertz CT molecular complexity index is 1350. The molecule has 0 radical (unpaired) electrons. The molecule has 7 heteroatoms. The molecule has 0 bridgehead atoms. The Hall–Kier alpha value is -3.97. The van der Waals surface area contributed by atoms with Gasteiger partial charge >= 0.3 is 0 Å². The van der Waals surface area contributed by atoms with Gasteiger partial charge in [-0.2, -0.15) is 0 Å². The number of nitrogens with one attached hydrogen (secondary N) is 1. The van der Waals surface area contributed by atoms with Crippen LogP contribution in [0.15, 0.2) is 101 Å².